The molecule has 0 fully saturated rings. The van der Waals surface area contributed by atoms with E-state index >= 15 is 0 Å². The number of aryl methyl sites for hydroxylation is 2. The minimum atomic E-state index is -0.368. The number of carbonyl (C=O) groups excluding carboxylic acids is 1. The molecule has 4 aromatic rings. The Morgan fingerprint density at radius 1 is 1.18 bits per heavy atom. The largest absolute Gasteiger partial charge is 0.489 e. The number of nitrogens with one attached hydrogen (secondary N) is 1. The van der Waals surface area contributed by atoms with Gasteiger partial charge in [-0.3, -0.25) is 9.48 Å². The number of aromatic nitrogens is 3. The predicted molar refractivity (Wildman–Crippen MR) is 130 cm³/mol. The fourth-order valence-corrected chi connectivity index (χ4v) is 3.78. The normalized spacial score (nSPS) is 10.9. The van der Waals surface area contributed by atoms with E-state index in [1.807, 2.05) is 42.8 Å². The summed E-state index contributed by atoms with van der Waals surface area (Å²) in [5.74, 6) is 0.792. The van der Waals surface area contributed by atoms with Crippen LogP contribution < -0.4 is 10.1 Å². The lowest BCUT2D eigenvalue weighted by Crippen LogP contribution is -2.15. The molecule has 7 nitrogen and oxygen atoms in total. The molecule has 1 N–H and O–H groups in total. The van der Waals surface area contributed by atoms with Crippen LogP contribution in [0, 0.1) is 20.8 Å². The molecule has 0 spiro atoms. The van der Waals surface area contributed by atoms with Crippen molar-refractivity contribution in [1.29, 1.82) is 0 Å². The van der Waals surface area contributed by atoms with Gasteiger partial charge in [-0.15, -0.1) is 0 Å². The molecule has 2 aromatic carbocycles. The number of hydrogen-bond acceptors (Lipinski definition) is 5. The third-order valence-electron chi connectivity index (χ3n) is 5.21. The van der Waals surface area contributed by atoms with Crippen LogP contribution in [-0.2, 0) is 13.2 Å². The first kappa shape index (κ1) is 23.1. The first-order valence-electron chi connectivity index (χ1n) is 10.2. The molecule has 4 rings (SSSR count). The molecule has 33 heavy (non-hydrogen) atoms. The molecule has 0 saturated carbocycles. The molecule has 2 heterocycles. The maximum absolute atomic E-state index is 12.9. The Bertz CT molecular complexity index is 1300. The minimum absolute atomic E-state index is 0.145. The van der Waals surface area contributed by atoms with Crippen LogP contribution in [0.3, 0.4) is 0 Å². The number of carbonyl (C=O) groups is 1. The van der Waals surface area contributed by atoms with Gasteiger partial charge < -0.3 is 14.6 Å². The molecular formula is C24H22BrClN4O3. The van der Waals surface area contributed by atoms with Crippen LogP contribution in [0.5, 0.6) is 5.75 Å². The lowest BCUT2D eigenvalue weighted by atomic mass is 10.1. The van der Waals surface area contributed by atoms with Crippen molar-refractivity contribution in [2.75, 3.05) is 5.32 Å². The number of hydrogen-bond donors (Lipinski definition) is 1. The Hall–Kier alpha value is -3.10. The van der Waals surface area contributed by atoms with Gasteiger partial charge in [-0.25, -0.2) is 0 Å². The molecule has 0 aliphatic heterocycles. The van der Waals surface area contributed by atoms with Gasteiger partial charge in [-0.05, 0) is 78.7 Å². The summed E-state index contributed by atoms with van der Waals surface area (Å²) in [4.78, 5) is 12.9. The number of amides is 1. The maximum Gasteiger partial charge on any atom is 0.278 e. The first-order chi connectivity index (χ1) is 15.8. The number of ether oxygens (including phenoxy) is 1. The Balaban J connectivity index is 1.47. The van der Waals surface area contributed by atoms with E-state index in [4.69, 9.17) is 20.9 Å². The summed E-state index contributed by atoms with van der Waals surface area (Å²) in [5.41, 5.74) is 4.43. The number of nitrogens with zero attached hydrogens (tertiary/aromatic N) is 3. The Morgan fingerprint density at radius 2 is 1.94 bits per heavy atom. The fraction of sp³-hybridized carbons (Fsp3) is 0.208. The summed E-state index contributed by atoms with van der Waals surface area (Å²) in [5, 5.41) is 12.0. The summed E-state index contributed by atoms with van der Waals surface area (Å²) in [7, 11) is 0. The van der Waals surface area contributed by atoms with Gasteiger partial charge >= 0.3 is 0 Å². The third-order valence-corrected chi connectivity index (χ3v) is 6.61. The van der Waals surface area contributed by atoms with Gasteiger partial charge in [0, 0.05) is 10.7 Å². The van der Waals surface area contributed by atoms with Gasteiger partial charge in [0.25, 0.3) is 5.91 Å². The third kappa shape index (κ3) is 5.29. The summed E-state index contributed by atoms with van der Waals surface area (Å²) in [6.45, 7) is 6.45. The molecule has 0 aliphatic carbocycles. The Labute approximate surface area is 204 Å². The minimum Gasteiger partial charge on any atom is -0.489 e. The molecule has 2 aromatic heterocycles. The highest BCUT2D eigenvalue weighted by molar-refractivity contribution is 9.10. The van der Waals surface area contributed by atoms with E-state index in [1.165, 1.54) is 0 Å². The Morgan fingerprint density at radius 3 is 2.64 bits per heavy atom. The first-order valence-corrected chi connectivity index (χ1v) is 11.4. The fourth-order valence-electron chi connectivity index (χ4n) is 3.37. The highest BCUT2D eigenvalue weighted by atomic mass is 79.9. The van der Waals surface area contributed by atoms with E-state index < -0.39 is 0 Å². The average Bonchev–Trinajstić information content (AvgIpc) is 3.28. The van der Waals surface area contributed by atoms with Crippen LogP contribution >= 0.6 is 27.5 Å². The van der Waals surface area contributed by atoms with Crippen molar-refractivity contribution in [3.63, 3.8) is 0 Å². The maximum atomic E-state index is 12.9. The molecule has 1 amide bonds. The highest BCUT2D eigenvalue weighted by Crippen LogP contribution is 2.23. The average molecular weight is 530 g/mol. The zero-order valence-corrected chi connectivity index (χ0v) is 20.7. The molecular weight excluding hydrogens is 508 g/mol. The SMILES string of the molecule is Cc1nn(Cc2cccc(NC(=O)c3noc(C)c3COc3ccc(Cl)cc3)c2)c(C)c1Br. The smallest absolute Gasteiger partial charge is 0.278 e. The second-order valence-electron chi connectivity index (χ2n) is 7.61. The van der Waals surface area contributed by atoms with Gasteiger partial charge in [0.2, 0.25) is 0 Å². The molecule has 9 heteroatoms. The number of benzene rings is 2. The van der Waals surface area contributed by atoms with Crippen LogP contribution in [0.25, 0.3) is 0 Å². The topological polar surface area (TPSA) is 82.2 Å². The number of rotatable bonds is 7. The summed E-state index contributed by atoms with van der Waals surface area (Å²) in [6.07, 6.45) is 0. The van der Waals surface area contributed by atoms with E-state index in [9.17, 15) is 4.79 Å². The molecule has 0 saturated heterocycles. The van der Waals surface area contributed by atoms with Crippen molar-refractivity contribution in [3.8, 4) is 5.75 Å². The van der Waals surface area contributed by atoms with Crippen LogP contribution in [-0.4, -0.2) is 20.8 Å². The molecule has 0 atom stereocenters. The van der Waals surface area contributed by atoms with Crippen molar-refractivity contribution in [3.05, 3.63) is 92.0 Å². The van der Waals surface area contributed by atoms with Crippen molar-refractivity contribution >= 4 is 39.1 Å². The summed E-state index contributed by atoms with van der Waals surface area (Å²) >= 11 is 9.47. The quantitative estimate of drug-likeness (QED) is 0.313. The molecule has 0 radical (unpaired) electrons. The predicted octanol–water partition coefficient (Wildman–Crippen LogP) is 6.09. The van der Waals surface area contributed by atoms with E-state index in [-0.39, 0.29) is 18.2 Å². The standard InChI is InChI=1S/C24H22BrClN4O3/c1-14-22(25)15(2)30(28-14)12-17-5-4-6-19(11-17)27-24(31)23-21(16(3)33-29-23)13-32-20-9-7-18(26)8-10-20/h4-11H,12-13H2,1-3H3,(H,27,31). The monoisotopic (exact) mass is 528 g/mol. The van der Waals surface area contributed by atoms with E-state index in [1.54, 1.807) is 31.2 Å². The lowest BCUT2D eigenvalue weighted by Gasteiger charge is -2.09. The summed E-state index contributed by atoms with van der Waals surface area (Å²) < 4.78 is 14.0. The van der Waals surface area contributed by atoms with Crippen molar-refractivity contribution in [2.24, 2.45) is 0 Å². The van der Waals surface area contributed by atoms with Crippen molar-refractivity contribution in [1.82, 2.24) is 14.9 Å². The van der Waals surface area contributed by atoms with Gasteiger partial charge in [0.1, 0.15) is 18.1 Å². The van der Waals surface area contributed by atoms with Gasteiger partial charge in [-0.2, -0.15) is 5.10 Å². The van der Waals surface area contributed by atoms with Crippen LogP contribution in [0.1, 0.15) is 38.8 Å². The van der Waals surface area contributed by atoms with E-state index in [2.05, 4.69) is 31.5 Å². The number of anilines is 1. The zero-order chi connectivity index (χ0) is 23.5. The van der Waals surface area contributed by atoms with Crippen LogP contribution in [0.2, 0.25) is 5.02 Å². The van der Waals surface area contributed by atoms with Crippen LogP contribution in [0.15, 0.2) is 57.5 Å². The van der Waals surface area contributed by atoms with Gasteiger partial charge in [0.05, 0.1) is 28.0 Å². The molecule has 0 aliphatic rings. The van der Waals surface area contributed by atoms with Crippen molar-refractivity contribution in [2.45, 2.75) is 33.9 Å². The zero-order valence-electron chi connectivity index (χ0n) is 18.4. The number of halogens is 2. The second kappa shape index (κ2) is 9.80. The van der Waals surface area contributed by atoms with E-state index in [0.29, 0.717) is 34.3 Å². The van der Waals surface area contributed by atoms with Gasteiger partial charge in [-0.1, -0.05) is 28.9 Å². The second-order valence-corrected chi connectivity index (χ2v) is 8.83. The van der Waals surface area contributed by atoms with E-state index in [0.717, 1.165) is 21.4 Å². The van der Waals surface area contributed by atoms with Crippen molar-refractivity contribution < 1.29 is 14.1 Å². The molecule has 0 bridgehead atoms. The lowest BCUT2D eigenvalue weighted by molar-refractivity contribution is 0.101. The van der Waals surface area contributed by atoms with Gasteiger partial charge in [0.15, 0.2) is 5.69 Å². The summed E-state index contributed by atoms with van der Waals surface area (Å²) in [6, 6.07) is 14.6. The highest BCUT2D eigenvalue weighted by Gasteiger charge is 2.21. The Kier molecular flexibility index (Phi) is 6.85. The van der Waals surface area contributed by atoms with Crippen LogP contribution in [0.4, 0.5) is 5.69 Å². The molecule has 170 valence electrons. The molecule has 0 unspecified atom stereocenters.